The van der Waals surface area contributed by atoms with Crippen molar-refractivity contribution in [3.8, 4) is 5.88 Å². The Hall–Kier alpha value is -1.41. The summed E-state index contributed by atoms with van der Waals surface area (Å²) in [4.78, 5) is 10.6. The van der Waals surface area contributed by atoms with Gasteiger partial charge in [-0.3, -0.25) is 4.79 Å². The van der Waals surface area contributed by atoms with Crippen LogP contribution in [-0.2, 0) is 15.0 Å². The third-order valence-corrected chi connectivity index (χ3v) is 3.09. The maximum atomic E-state index is 11.5. The molecule has 0 fully saturated rings. The lowest BCUT2D eigenvalue weighted by molar-refractivity contribution is -0.132. The van der Waals surface area contributed by atoms with Crippen LogP contribution in [0.4, 0.5) is 0 Å². The molecule has 0 aromatic carbocycles. The van der Waals surface area contributed by atoms with Crippen LogP contribution in [0.1, 0.15) is 6.92 Å². The van der Waals surface area contributed by atoms with Gasteiger partial charge in [0, 0.05) is 33.3 Å². The van der Waals surface area contributed by atoms with E-state index in [1.165, 1.54) is 33.3 Å². The highest BCUT2D eigenvalue weighted by Crippen LogP contribution is 2.08. The number of nitrogens with zero attached hydrogens (tertiary/aromatic N) is 3. The van der Waals surface area contributed by atoms with Gasteiger partial charge in [-0.2, -0.15) is 12.7 Å². The summed E-state index contributed by atoms with van der Waals surface area (Å²) in [6.45, 7) is 1.21. The molecule has 0 radical (unpaired) electrons. The molecule has 0 saturated heterocycles. The Balaban J connectivity index is 2.99. The van der Waals surface area contributed by atoms with Crippen LogP contribution in [0.15, 0.2) is 12.3 Å². The van der Waals surface area contributed by atoms with Gasteiger partial charge in [0.2, 0.25) is 5.88 Å². The summed E-state index contributed by atoms with van der Waals surface area (Å²) in [5.74, 6) is -0.601. The maximum Gasteiger partial charge on any atom is 0.322 e. The van der Waals surface area contributed by atoms with Gasteiger partial charge < -0.3 is 4.74 Å². The largest absolute Gasteiger partial charge is 0.406 e. The van der Waals surface area contributed by atoms with Crippen LogP contribution >= 0.6 is 0 Å². The number of carbonyl (C=O) groups is 1. The molecule has 0 N–H and O–H groups in total. The van der Waals surface area contributed by atoms with Crippen molar-refractivity contribution in [3.05, 3.63) is 12.3 Å². The van der Waals surface area contributed by atoms with Crippen molar-refractivity contribution in [1.82, 2.24) is 13.5 Å². The Morgan fingerprint density at radius 1 is 1.53 bits per heavy atom. The monoisotopic (exact) mass is 233 g/mol. The van der Waals surface area contributed by atoms with Crippen molar-refractivity contribution in [2.45, 2.75) is 6.92 Å². The number of hydrogen-bond acceptors (Lipinski definition) is 5. The average Bonchev–Trinajstić information content (AvgIpc) is 2.51. The fourth-order valence-corrected chi connectivity index (χ4v) is 1.52. The standard InChI is InChI=1S/C7H11N3O4S/c1-6(11)14-7-4-5-10(8-7)15(12,13)9(2)3/h4-5H,1-3H3. The Bertz CT molecular complexity index is 462. The van der Waals surface area contributed by atoms with E-state index in [4.69, 9.17) is 0 Å². The van der Waals surface area contributed by atoms with E-state index < -0.39 is 16.2 Å². The topological polar surface area (TPSA) is 81.5 Å². The number of hydrogen-bond donors (Lipinski definition) is 0. The molecule has 8 heteroatoms. The Kier molecular flexibility index (Phi) is 3.10. The second-order valence-corrected chi connectivity index (χ2v) is 4.91. The fraction of sp³-hybridized carbons (Fsp3) is 0.429. The van der Waals surface area contributed by atoms with Gasteiger partial charge in [-0.15, -0.1) is 9.19 Å². The van der Waals surface area contributed by atoms with E-state index in [-0.39, 0.29) is 5.88 Å². The third kappa shape index (κ3) is 2.54. The van der Waals surface area contributed by atoms with Crippen LogP contribution in [0, 0.1) is 0 Å². The minimum atomic E-state index is -3.64. The van der Waals surface area contributed by atoms with Gasteiger partial charge in [0.15, 0.2) is 0 Å². The molecule has 15 heavy (non-hydrogen) atoms. The molecule has 0 unspecified atom stereocenters. The first kappa shape index (κ1) is 11.7. The smallest absolute Gasteiger partial charge is 0.322 e. The zero-order chi connectivity index (χ0) is 11.6. The van der Waals surface area contributed by atoms with Crippen LogP contribution in [0.25, 0.3) is 0 Å². The van der Waals surface area contributed by atoms with E-state index in [0.717, 1.165) is 8.39 Å². The molecule has 0 saturated carbocycles. The summed E-state index contributed by atoms with van der Waals surface area (Å²) in [5, 5.41) is 3.59. The molecule has 0 bridgehead atoms. The van der Waals surface area contributed by atoms with Crippen molar-refractivity contribution in [2.75, 3.05) is 14.1 Å². The molecule has 1 aromatic rings. The van der Waals surface area contributed by atoms with Crippen molar-refractivity contribution >= 4 is 16.2 Å². The molecule has 0 aliphatic rings. The molecule has 0 aliphatic heterocycles. The predicted octanol–water partition coefficient (Wildman–Crippen LogP) is -0.537. The molecule has 0 atom stereocenters. The second-order valence-electron chi connectivity index (χ2n) is 2.91. The summed E-state index contributed by atoms with van der Waals surface area (Å²) in [6.07, 6.45) is 1.20. The number of aromatic nitrogens is 2. The SMILES string of the molecule is CC(=O)Oc1ccn(S(=O)(=O)N(C)C)n1. The molecule has 84 valence electrons. The highest BCUT2D eigenvalue weighted by atomic mass is 32.2. The molecule has 0 spiro atoms. The molecular weight excluding hydrogens is 222 g/mol. The zero-order valence-electron chi connectivity index (χ0n) is 8.54. The van der Waals surface area contributed by atoms with Crippen molar-refractivity contribution in [2.24, 2.45) is 0 Å². The first-order chi connectivity index (χ1) is 6.84. The average molecular weight is 233 g/mol. The molecule has 1 rings (SSSR count). The highest BCUT2D eigenvalue weighted by molar-refractivity contribution is 7.87. The van der Waals surface area contributed by atoms with Crippen LogP contribution in [0.2, 0.25) is 0 Å². The van der Waals surface area contributed by atoms with Gasteiger partial charge in [-0.25, -0.2) is 0 Å². The van der Waals surface area contributed by atoms with E-state index in [2.05, 4.69) is 9.84 Å². The Labute approximate surface area is 87.4 Å². The van der Waals surface area contributed by atoms with Gasteiger partial charge in [0.25, 0.3) is 0 Å². The summed E-state index contributed by atoms with van der Waals surface area (Å²) < 4.78 is 29.4. The second kappa shape index (κ2) is 3.99. The van der Waals surface area contributed by atoms with E-state index >= 15 is 0 Å². The molecule has 0 aliphatic carbocycles. The third-order valence-electron chi connectivity index (χ3n) is 1.49. The van der Waals surface area contributed by atoms with Gasteiger partial charge in [-0.05, 0) is 0 Å². The van der Waals surface area contributed by atoms with Crippen molar-refractivity contribution in [3.63, 3.8) is 0 Å². The minimum absolute atomic E-state index is 0.0482. The number of carbonyl (C=O) groups excluding carboxylic acids is 1. The van der Waals surface area contributed by atoms with E-state index in [1.807, 2.05) is 0 Å². The normalized spacial score (nSPS) is 11.7. The van der Waals surface area contributed by atoms with E-state index in [1.54, 1.807) is 0 Å². The lowest BCUT2D eigenvalue weighted by atomic mass is 10.7. The number of ether oxygens (including phenoxy) is 1. The summed E-state index contributed by atoms with van der Waals surface area (Å²) >= 11 is 0. The first-order valence-electron chi connectivity index (χ1n) is 4.01. The molecule has 1 aromatic heterocycles. The zero-order valence-corrected chi connectivity index (χ0v) is 9.35. The van der Waals surface area contributed by atoms with Gasteiger partial charge in [0.1, 0.15) is 0 Å². The van der Waals surface area contributed by atoms with E-state index in [0.29, 0.717) is 0 Å². The maximum absolute atomic E-state index is 11.5. The number of rotatable bonds is 3. The summed E-state index contributed by atoms with van der Waals surface area (Å²) in [5.41, 5.74) is 0. The first-order valence-corrected chi connectivity index (χ1v) is 5.41. The quantitative estimate of drug-likeness (QED) is 0.655. The van der Waals surface area contributed by atoms with Gasteiger partial charge >= 0.3 is 16.2 Å². The lowest BCUT2D eigenvalue weighted by Gasteiger charge is -2.09. The summed E-state index contributed by atoms with van der Waals surface area (Å²) in [6, 6.07) is 1.29. The molecular formula is C7H11N3O4S. The van der Waals surface area contributed by atoms with E-state index in [9.17, 15) is 13.2 Å². The Morgan fingerprint density at radius 2 is 2.13 bits per heavy atom. The highest BCUT2D eigenvalue weighted by Gasteiger charge is 2.17. The van der Waals surface area contributed by atoms with Crippen LogP contribution in [-0.4, -0.2) is 42.0 Å². The van der Waals surface area contributed by atoms with Crippen molar-refractivity contribution in [1.29, 1.82) is 0 Å². The van der Waals surface area contributed by atoms with Crippen LogP contribution in [0.3, 0.4) is 0 Å². The number of esters is 1. The van der Waals surface area contributed by atoms with Crippen LogP contribution < -0.4 is 4.74 Å². The van der Waals surface area contributed by atoms with Crippen molar-refractivity contribution < 1.29 is 17.9 Å². The minimum Gasteiger partial charge on any atom is -0.406 e. The fourth-order valence-electron chi connectivity index (χ4n) is 0.789. The molecule has 7 nitrogen and oxygen atoms in total. The molecule has 1 heterocycles. The lowest BCUT2D eigenvalue weighted by Crippen LogP contribution is -2.29. The Morgan fingerprint density at radius 3 is 2.60 bits per heavy atom. The summed E-state index contributed by atoms with van der Waals surface area (Å²) in [7, 11) is -0.889. The predicted molar refractivity (Wildman–Crippen MR) is 51.5 cm³/mol. The molecule has 0 amide bonds. The van der Waals surface area contributed by atoms with Gasteiger partial charge in [0.05, 0.1) is 0 Å². The van der Waals surface area contributed by atoms with Crippen LogP contribution in [0.5, 0.6) is 5.88 Å². The van der Waals surface area contributed by atoms with Gasteiger partial charge in [-0.1, -0.05) is 0 Å².